The third-order valence-corrected chi connectivity index (χ3v) is 2.28. The number of hydrogen-bond acceptors (Lipinski definition) is 5. The average Bonchev–Trinajstić information content (AvgIpc) is 2.58. The largest absolute Gasteiger partial charge is 0.395 e. The van der Waals surface area contributed by atoms with Gasteiger partial charge >= 0.3 is 0 Å². The van der Waals surface area contributed by atoms with Gasteiger partial charge in [0.25, 0.3) is 0 Å². The third-order valence-electron chi connectivity index (χ3n) is 2.28. The zero-order valence-electron chi connectivity index (χ0n) is 9.53. The Hall–Kier alpha value is -0.940. The summed E-state index contributed by atoms with van der Waals surface area (Å²) in [7, 11) is 0. The van der Waals surface area contributed by atoms with Crippen LogP contribution in [-0.4, -0.2) is 28.1 Å². The van der Waals surface area contributed by atoms with Crippen LogP contribution in [0, 0.1) is 12.8 Å². The molecule has 1 aromatic heterocycles. The van der Waals surface area contributed by atoms with Gasteiger partial charge in [0, 0.05) is 12.6 Å². The lowest BCUT2D eigenvalue weighted by molar-refractivity contribution is 0.222. The molecule has 5 heteroatoms. The zero-order chi connectivity index (χ0) is 11.3. The van der Waals surface area contributed by atoms with Crippen LogP contribution in [0.3, 0.4) is 0 Å². The summed E-state index contributed by atoms with van der Waals surface area (Å²) in [6, 6.07) is 0.112. The molecule has 1 atom stereocenters. The quantitative estimate of drug-likeness (QED) is 0.733. The van der Waals surface area contributed by atoms with Crippen molar-refractivity contribution in [2.45, 2.75) is 39.8 Å². The van der Waals surface area contributed by atoms with Crippen LogP contribution in [-0.2, 0) is 6.54 Å². The first-order chi connectivity index (χ1) is 7.13. The minimum atomic E-state index is 0.112. The first-order valence-corrected chi connectivity index (χ1v) is 5.25. The van der Waals surface area contributed by atoms with Crippen molar-refractivity contribution in [3.8, 4) is 0 Å². The maximum atomic E-state index is 9.15. The summed E-state index contributed by atoms with van der Waals surface area (Å²) >= 11 is 0. The van der Waals surface area contributed by atoms with Crippen LogP contribution in [0.4, 0.5) is 0 Å². The minimum absolute atomic E-state index is 0.112. The van der Waals surface area contributed by atoms with Gasteiger partial charge in [0.2, 0.25) is 0 Å². The van der Waals surface area contributed by atoms with Crippen LogP contribution >= 0.6 is 0 Å². The lowest BCUT2D eigenvalue weighted by atomic mass is 10.0. The number of hydrogen-bond donors (Lipinski definition) is 2. The molecular formula is C10H19N3O2. The van der Waals surface area contributed by atoms with E-state index in [9.17, 15) is 0 Å². The lowest BCUT2D eigenvalue weighted by Gasteiger charge is -2.17. The second-order valence-electron chi connectivity index (χ2n) is 4.19. The van der Waals surface area contributed by atoms with E-state index in [1.165, 1.54) is 0 Å². The van der Waals surface area contributed by atoms with Crippen molar-refractivity contribution < 1.29 is 9.74 Å². The number of aromatic nitrogens is 2. The van der Waals surface area contributed by atoms with E-state index in [0.717, 1.165) is 17.8 Å². The molecule has 1 unspecified atom stereocenters. The van der Waals surface area contributed by atoms with Crippen molar-refractivity contribution in [3.63, 3.8) is 0 Å². The fraction of sp³-hybridized carbons (Fsp3) is 0.800. The van der Waals surface area contributed by atoms with E-state index >= 15 is 0 Å². The van der Waals surface area contributed by atoms with Gasteiger partial charge in [-0.1, -0.05) is 24.2 Å². The molecule has 2 N–H and O–H groups in total. The standard InChI is InChI=1S/C10H19N3O2/c1-7(2)4-9(6-14)11-5-10-8(3)12-15-13-10/h7,9,11,14H,4-6H2,1-3H3. The number of nitrogens with zero attached hydrogens (tertiary/aromatic N) is 2. The topological polar surface area (TPSA) is 71.2 Å². The molecule has 0 amide bonds. The number of rotatable bonds is 6. The Morgan fingerprint density at radius 3 is 2.60 bits per heavy atom. The highest BCUT2D eigenvalue weighted by molar-refractivity contribution is 5.04. The summed E-state index contributed by atoms with van der Waals surface area (Å²) < 4.78 is 4.59. The molecular weight excluding hydrogens is 194 g/mol. The molecule has 0 radical (unpaired) electrons. The fourth-order valence-electron chi connectivity index (χ4n) is 1.44. The van der Waals surface area contributed by atoms with Crippen molar-refractivity contribution in [1.29, 1.82) is 0 Å². The number of aliphatic hydroxyl groups is 1. The van der Waals surface area contributed by atoms with Gasteiger partial charge in [-0.2, -0.15) is 0 Å². The second-order valence-corrected chi connectivity index (χ2v) is 4.19. The lowest BCUT2D eigenvalue weighted by Crippen LogP contribution is -2.33. The molecule has 0 aliphatic heterocycles. The Morgan fingerprint density at radius 1 is 1.40 bits per heavy atom. The molecule has 0 saturated carbocycles. The van der Waals surface area contributed by atoms with E-state index in [2.05, 4.69) is 34.1 Å². The summed E-state index contributed by atoms with van der Waals surface area (Å²) in [6.45, 7) is 6.85. The fourth-order valence-corrected chi connectivity index (χ4v) is 1.44. The summed E-state index contributed by atoms with van der Waals surface area (Å²) in [5.41, 5.74) is 1.60. The highest BCUT2D eigenvalue weighted by Gasteiger charge is 2.11. The van der Waals surface area contributed by atoms with Crippen LogP contribution in [0.15, 0.2) is 4.63 Å². The maximum Gasteiger partial charge on any atom is 0.121 e. The summed E-state index contributed by atoms with van der Waals surface area (Å²) in [6.07, 6.45) is 0.945. The van der Waals surface area contributed by atoms with Gasteiger partial charge in [0.15, 0.2) is 0 Å². The van der Waals surface area contributed by atoms with Gasteiger partial charge in [0.1, 0.15) is 11.4 Å². The summed E-state index contributed by atoms with van der Waals surface area (Å²) in [5.74, 6) is 0.561. The van der Waals surface area contributed by atoms with Gasteiger partial charge in [-0.25, -0.2) is 4.63 Å². The predicted molar refractivity (Wildman–Crippen MR) is 56.2 cm³/mol. The molecule has 15 heavy (non-hydrogen) atoms. The normalized spacial score (nSPS) is 13.4. The smallest absolute Gasteiger partial charge is 0.121 e. The van der Waals surface area contributed by atoms with E-state index in [4.69, 9.17) is 5.11 Å². The first kappa shape index (κ1) is 12.1. The van der Waals surface area contributed by atoms with E-state index in [1.807, 2.05) is 6.92 Å². The Balaban J connectivity index is 2.37. The molecule has 0 aliphatic rings. The van der Waals surface area contributed by atoms with E-state index < -0.39 is 0 Å². The molecule has 5 nitrogen and oxygen atoms in total. The molecule has 0 bridgehead atoms. The van der Waals surface area contributed by atoms with Crippen LogP contribution in [0.1, 0.15) is 31.7 Å². The maximum absolute atomic E-state index is 9.15. The Morgan fingerprint density at radius 2 is 2.13 bits per heavy atom. The second kappa shape index (κ2) is 5.82. The number of aryl methyl sites for hydroxylation is 1. The number of nitrogens with one attached hydrogen (secondary N) is 1. The summed E-state index contributed by atoms with van der Waals surface area (Å²) in [4.78, 5) is 0. The van der Waals surface area contributed by atoms with Crippen molar-refractivity contribution in [2.75, 3.05) is 6.61 Å². The molecule has 0 aromatic carbocycles. The SMILES string of the molecule is Cc1nonc1CNC(CO)CC(C)C. The number of aliphatic hydroxyl groups excluding tert-OH is 1. The molecule has 86 valence electrons. The highest BCUT2D eigenvalue weighted by atomic mass is 16.6. The van der Waals surface area contributed by atoms with Crippen molar-refractivity contribution in [1.82, 2.24) is 15.6 Å². The molecule has 1 rings (SSSR count). The molecule has 0 spiro atoms. The Bertz CT molecular complexity index is 286. The van der Waals surface area contributed by atoms with Crippen molar-refractivity contribution in [3.05, 3.63) is 11.4 Å². The third kappa shape index (κ3) is 3.97. The van der Waals surface area contributed by atoms with E-state index in [0.29, 0.717) is 12.5 Å². The molecule has 1 heterocycles. The van der Waals surface area contributed by atoms with Crippen LogP contribution < -0.4 is 5.32 Å². The molecule has 1 aromatic rings. The zero-order valence-corrected chi connectivity index (χ0v) is 9.53. The van der Waals surface area contributed by atoms with E-state index in [1.54, 1.807) is 0 Å². The van der Waals surface area contributed by atoms with Gasteiger partial charge in [-0.05, 0) is 19.3 Å². The van der Waals surface area contributed by atoms with Crippen LogP contribution in [0.2, 0.25) is 0 Å². The predicted octanol–water partition coefficient (Wildman–Crippen LogP) is 0.875. The Labute approximate surface area is 89.8 Å². The van der Waals surface area contributed by atoms with Crippen molar-refractivity contribution >= 4 is 0 Å². The van der Waals surface area contributed by atoms with E-state index in [-0.39, 0.29) is 12.6 Å². The van der Waals surface area contributed by atoms with Crippen LogP contribution in [0.5, 0.6) is 0 Å². The molecule has 0 fully saturated rings. The van der Waals surface area contributed by atoms with Gasteiger partial charge in [-0.15, -0.1) is 0 Å². The van der Waals surface area contributed by atoms with Crippen molar-refractivity contribution in [2.24, 2.45) is 5.92 Å². The minimum Gasteiger partial charge on any atom is -0.395 e. The average molecular weight is 213 g/mol. The van der Waals surface area contributed by atoms with Gasteiger partial charge < -0.3 is 10.4 Å². The molecule has 0 aliphatic carbocycles. The monoisotopic (exact) mass is 213 g/mol. The van der Waals surface area contributed by atoms with Gasteiger partial charge in [-0.3, -0.25) is 0 Å². The Kier molecular flexibility index (Phi) is 4.71. The molecule has 0 saturated heterocycles. The van der Waals surface area contributed by atoms with Crippen LogP contribution in [0.25, 0.3) is 0 Å². The summed E-state index contributed by atoms with van der Waals surface area (Å²) in [5, 5.41) is 19.8. The highest BCUT2D eigenvalue weighted by Crippen LogP contribution is 2.06. The first-order valence-electron chi connectivity index (χ1n) is 5.25. The van der Waals surface area contributed by atoms with Gasteiger partial charge in [0.05, 0.1) is 6.61 Å².